The minimum atomic E-state index is 0.735. The van der Waals surface area contributed by atoms with E-state index in [0.29, 0.717) is 0 Å². The Morgan fingerprint density at radius 1 is 0.944 bits per heavy atom. The van der Waals surface area contributed by atoms with Crippen molar-refractivity contribution in [2.24, 2.45) is 0 Å². The number of unbranched alkanes of at least 4 members (excludes halogenated alkanes) is 6. The molecule has 0 aliphatic heterocycles. The third-order valence-electron chi connectivity index (χ3n) is 2.84. The SMILES string of the molecule is Clc1cccc(OCCCCCCCCCBr)c1. The third-order valence-corrected chi connectivity index (χ3v) is 3.64. The van der Waals surface area contributed by atoms with Crippen molar-refractivity contribution in [2.75, 3.05) is 11.9 Å². The number of benzene rings is 1. The lowest BCUT2D eigenvalue weighted by molar-refractivity contribution is 0.304. The maximum absolute atomic E-state index is 5.88. The fourth-order valence-corrected chi connectivity index (χ4v) is 2.40. The third kappa shape index (κ3) is 7.99. The van der Waals surface area contributed by atoms with Gasteiger partial charge in [0.2, 0.25) is 0 Å². The molecule has 0 bridgehead atoms. The summed E-state index contributed by atoms with van der Waals surface area (Å²) in [6.07, 6.45) is 9.08. The molecule has 1 aromatic carbocycles. The number of alkyl halides is 1. The fourth-order valence-electron chi connectivity index (χ4n) is 1.83. The molecule has 0 atom stereocenters. The molecule has 102 valence electrons. The van der Waals surface area contributed by atoms with Gasteiger partial charge >= 0.3 is 0 Å². The highest BCUT2D eigenvalue weighted by atomic mass is 79.9. The molecule has 0 N–H and O–H groups in total. The van der Waals surface area contributed by atoms with Crippen LogP contribution in [0.3, 0.4) is 0 Å². The van der Waals surface area contributed by atoms with Crippen LogP contribution in [0.25, 0.3) is 0 Å². The quantitative estimate of drug-likeness (QED) is 0.386. The van der Waals surface area contributed by atoms with Crippen molar-refractivity contribution in [1.29, 1.82) is 0 Å². The summed E-state index contributed by atoms with van der Waals surface area (Å²) in [5, 5.41) is 1.87. The minimum absolute atomic E-state index is 0.735. The maximum atomic E-state index is 5.88. The molecular weight excluding hydrogens is 312 g/mol. The Morgan fingerprint density at radius 2 is 1.61 bits per heavy atom. The summed E-state index contributed by atoms with van der Waals surface area (Å²) in [5.74, 6) is 0.875. The Morgan fingerprint density at radius 3 is 2.28 bits per heavy atom. The monoisotopic (exact) mass is 332 g/mol. The molecule has 18 heavy (non-hydrogen) atoms. The average molecular weight is 334 g/mol. The summed E-state index contributed by atoms with van der Waals surface area (Å²) >= 11 is 9.34. The molecule has 0 aliphatic rings. The largest absolute Gasteiger partial charge is 0.494 e. The van der Waals surface area contributed by atoms with E-state index in [4.69, 9.17) is 16.3 Å². The molecule has 0 spiro atoms. The molecule has 1 rings (SSSR count). The van der Waals surface area contributed by atoms with E-state index < -0.39 is 0 Å². The molecule has 0 amide bonds. The van der Waals surface area contributed by atoms with Crippen molar-refractivity contribution in [2.45, 2.75) is 44.9 Å². The highest BCUT2D eigenvalue weighted by Crippen LogP contribution is 2.17. The van der Waals surface area contributed by atoms with Crippen LogP contribution in [-0.4, -0.2) is 11.9 Å². The van der Waals surface area contributed by atoms with Gasteiger partial charge in [0, 0.05) is 10.4 Å². The van der Waals surface area contributed by atoms with Gasteiger partial charge in [0.25, 0.3) is 0 Å². The van der Waals surface area contributed by atoms with Crippen molar-refractivity contribution >= 4 is 27.5 Å². The van der Waals surface area contributed by atoms with Gasteiger partial charge in [-0.15, -0.1) is 0 Å². The molecule has 0 aliphatic carbocycles. The number of halogens is 2. The van der Waals surface area contributed by atoms with Gasteiger partial charge in [-0.1, -0.05) is 65.7 Å². The van der Waals surface area contributed by atoms with Gasteiger partial charge in [-0.3, -0.25) is 0 Å². The summed E-state index contributed by atoms with van der Waals surface area (Å²) in [6.45, 7) is 0.793. The topological polar surface area (TPSA) is 9.23 Å². The molecule has 1 aromatic rings. The highest BCUT2D eigenvalue weighted by molar-refractivity contribution is 9.09. The predicted molar refractivity (Wildman–Crippen MR) is 83.1 cm³/mol. The summed E-state index contributed by atoms with van der Waals surface area (Å²) in [6, 6.07) is 7.59. The van der Waals surface area contributed by atoms with Crippen molar-refractivity contribution in [1.82, 2.24) is 0 Å². The Bertz CT molecular complexity index is 317. The standard InChI is InChI=1S/C15H22BrClO/c16-11-6-4-2-1-3-5-7-12-18-15-10-8-9-14(17)13-15/h8-10,13H,1-7,11-12H2. The van der Waals surface area contributed by atoms with Gasteiger partial charge in [0.05, 0.1) is 6.61 Å². The first kappa shape index (κ1) is 15.8. The van der Waals surface area contributed by atoms with Crippen LogP contribution in [0.1, 0.15) is 44.9 Å². The molecule has 0 saturated heterocycles. The Balaban J connectivity index is 1.92. The maximum Gasteiger partial charge on any atom is 0.120 e. The second-order valence-corrected chi connectivity index (χ2v) is 5.70. The van der Waals surface area contributed by atoms with Gasteiger partial charge in [-0.25, -0.2) is 0 Å². The van der Waals surface area contributed by atoms with Crippen LogP contribution < -0.4 is 4.74 Å². The van der Waals surface area contributed by atoms with E-state index in [2.05, 4.69) is 15.9 Å². The Kier molecular flexibility index (Phi) is 9.41. The van der Waals surface area contributed by atoms with E-state index in [0.717, 1.165) is 29.1 Å². The predicted octanol–water partition coefficient (Wildman–Crippen LogP) is 5.84. The van der Waals surface area contributed by atoms with Crippen LogP contribution in [0.15, 0.2) is 24.3 Å². The van der Waals surface area contributed by atoms with Crippen LogP contribution in [-0.2, 0) is 0 Å². The van der Waals surface area contributed by atoms with Crippen LogP contribution in [0.5, 0.6) is 5.75 Å². The Labute approximate surface area is 124 Å². The zero-order valence-corrected chi connectivity index (χ0v) is 13.2. The lowest BCUT2D eigenvalue weighted by atomic mass is 10.1. The smallest absolute Gasteiger partial charge is 0.120 e. The lowest BCUT2D eigenvalue weighted by Crippen LogP contribution is -1.97. The second-order valence-electron chi connectivity index (χ2n) is 4.47. The van der Waals surface area contributed by atoms with Crippen LogP contribution in [0, 0.1) is 0 Å². The van der Waals surface area contributed by atoms with E-state index in [-0.39, 0.29) is 0 Å². The highest BCUT2D eigenvalue weighted by Gasteiger charge is 1.95. The second kappa shape index (κ2) is 10.7. The molecular formula is C15H22BrClO. The fraction of sp³-hybridized carbons (Fsp3) is 0.600. The first-order chi connectivity index (χ1) is 8.83. The molecule has 0 saturated carbocycles. The van der Waals surface area contributed by atoms with E-state index in [9.17, 15) is 0 Å². The first-order valence-corrected chi connectivity index (χ1v) is 8.27. The van der Waals surface area contributed by atoms with E-state index >= 15 is 0 Å². The molecule has 0 unspecified atom stereocenters. The molecule has 1 nitrogen and oxygen atoms in total. The molecule has 3 heteroatoms. The van der Waals surface area contributed by atoms with E-state index in [1.54, 1.807) is 0 Å². The molecule has 0 fully saturated rings. The Hall–Kier alpha value is -0.210. The first-order valence-electron chi connectivity index (χ1n) is 6.77. The summed E-state index contributed by atoms with van der Waals surface area (Å²) in [4.78, 5) is 0. The van der Waals surface area contributed by atoms with Gasteiger partial charge in [-0.05, 0) is 31.0 Å². The number of hydrogen-bond donors (Lipinski definition) is 0. The summed E-state index contributed by atoms with van der Waals surface area (Å²) < 4.78 is 5.64. The summed E-state index contributed by atoms with van der Waals surface area (Å²) in [5.41, 5.74) is 0. The van der Waals surface area contributed by atoms with E-state index in [1.807, 2.05) is 24.3 Å². The average Bonchev–Trinajstić information content (AvgIpc) is 2.37. The van der Waals surface area contributed by atoms with Gasteiger partial charge in [0.1, 0.15) is 5.75 Å². The van der Waals surface area contributed by atoms with Crippen molar-refractivity contribution in [3.8, 4) is 5.75 Å². The number of rotatable bonds is 10. The van der Waals surface area contributed by atoms with Gasteiger partial charge in [-0.2, -0.15) is 0 Å². The van der Waals surface area contributed by atoms with Gasteiger partial charge < -0.3 is 4.74 Å². The molecule has 0 radical (unpaired) electrons. The molecule has 0 heterocycles. The lowest BCUT2D eigenvalue weighted by Gasteiger charge is -2.06. The van der Waals surface area contributed by atoms with Crippen molar-refractivity contribution in [3.63, 3.8) is 0 Å². The summed E-state index contributed by atoms with van der Waals surface area (Å²) in [7, 11) is 0. The number of ether oxygens (including phenoxy) is 1. The van der Waals surface area contributed by atoms with Crippen molar-refractivity contribution < 1.29 is 4.74 Å². The molecule has 0 aromatic heterocycles. The zero-order chi connectivity index (χ0) is 13.1. The van der Waals surface area contributed by atoms with Crippen molar-refractivity contribution in [3.05, 3.63) is 29.3 Å². The normalized spacial score (nSPS) is 10.6. The van der Waals surface area contributed by atoms with Gasteiger partial charge in [0.15, 0.2) is 0 Å². The van der Waals surface area contributed by atoms with Crippen LogP contribution in [0.2, 0.25) is 5.02 Å². The number of hydrogen-bond acceptors (Lipinski definition) is 1. The zero-order valence-electron chi connectivity index (χ0n) is 10.8. The van der Waals surface area contributed by atoms with Crippen LogP contribution in [0.4, 0.5) is 0 Å². The van der Waals surface area contributed by atoms with Crippen LogP contribution >= 0.6 is 27.5 Å². The van der Waals surface area contributed by atoms with E-state index in [1.165, 1.54) is 38.5 Å². The minimum Gasteiger partial charge on any atom is -0.494 e.